The first-order valence-electron chi connectivity index (χ1n) is 10.1. The van der Waals surface area contributed by atoms with E-state index in [0.29, 0.717) is 42.1 Å². The molecule has 0 saturated carbocycles. The average molecular weight is 431 g/mol. The first-order valence-corrected chi connectivity index (χ1v) is 10.1. The van der Waals surface area contributed by atoms with E-state index in [0.717, 1.165) is 5.56 Å². The molecule has 0 aliphatic carbocycles. The van der Waals surface area contributed by atoms with E-state index >= 15 is 0 Å². The summed E-state index contributed by atoms with van der Waals surface area (Å²) in [6.07, 6.45) is 2.61. The van der Waals surface area contributed by atoms with Crippen molar-refractivity contribution in [2.24, 2.45) is 0 Å². The molecule has 0 atom stereocenters. The Balaban J connectivity index is 1.76. The molecule has 32 heavy (non-hydrogen) atoms. The lowest BCUT2D eigenvalue weighted by molar-refractivity contribution is -0.126. The number of nitrogens with two attached hydrogens (primary N) is 1. The maximum absolute atomic E-state index is 12.3. The molecule has 0 bridgehead atoms. The van der Waals surface area contributed by atoms with Crippen LogP contribution in [0.15, 0.2) is 67.5 Å². The molecule has 3 aromatic rings. The minimum atomic E-state index is -0.180. The monoisotopic (exact) mass is 430 g/mol. The Hall–Kier alpha value is -4.20. The van der Waals surface area contributed by atoms with Gasteiger partial charge in [-0.15, -0.1) is 0 Å². The number of phenols is 1. The molecule has 0 saturated heterocycles. The summed E-state index contributed by atoms with van der Waals surface area (Å²) in [6.45, 7) is 6.58. The highest BCUT2D eigenvalue weighted by molar-refractivity contribution is 6.16. The van der Waals surface area contributed by atoms with Gasteiger partial charge in [-0.1, -0.05) is 49.0 Å². The van der Waals surface area contributed by atoms with Crippen LogP contribution in [0, 0.1) is 12.3 Å². The molecule has 0 fully saturated rings. The Bertz CT molecular complexity index is 1130. The summed E-state index contributed by atoms with van der Waals surface area (Å²) in [5, 5.41) is 21.8. The Labute approximate surface area is 187 Å². The second kappa shape index (κ2) is 10.2. The second-order valence-electron chi connectivity index (χ2n) is 7.24. The molecule has 1 heterocycles. The van der Waals surface area contributed by atoms with Crippen LogP contribution in [0.4, 0.5) is 11.6 Å². The van der Waals surface area contributed by atoms with Crippen LogP contribution >= 0.6 is 0 Å². The van der Waals surface area contributed by atoms with Gasteiger partial charge in [-0.05, 0) is 30.2 Å². The van der Waals surface area contributed by atoms with E-state index in [9.17, 15) is 9.90 Å². The summed E-state index contributed by atoms with van der Waals surface area (Å²) in [6, 6.07) is 14.7. The molecule has 1 aromatic heterocycles. The smallest absolute Gasteiger partial charge is 0.246 e. The fourth-order valence-corrected chi connectivity index (χ4v) is 3.20. The number of nitrogen functional groups attached to an aromatic ring is 1. The minimum absolute atomic E-state index is 0.0872. The SMILES string of the molecule is C=CC(=O)N(CCNc1ncnc(N)c1C(=N)c1ccc(C)c(O)c1)Cc1ccccc1. The summed E-state index contributed by atoms with van der Waals surface area (Å²) >= 11 is 0. The molecular formula is C24H26N6O2. The number of nitrogens with one attached hydrogen (secondary N) is 2. The molecule has 0 unspecified atom stereocenters. The number of nitrogens with zero attached hydrogens (tertiary/aromatic N) is 3. The highest BCUT2D eigenvalue weighted by Crippen LogP contribution is 2.24. The molecule has 0 spiro atoms. The van der Waals surface area contributed by atoms with E-state index in [4.69, 9.17) is 11.1 Å². The highest BCUT2D eigenvalue weighted by Gasteiger charge is 2.18. The number of benzene rings is 2. The zero-order valence-corrected chi connectivity index (χ0v) is 17.9. The largest absolute Gasteiger partial charge is 0.508 e. The standard InChI is InChI=1S/C24H26N6O2/c1-3-20(32)30(14-17-7-5-4-6-8-17)12-11-27-24-21(23(26)28-15-29-24)22(25)18-10-9-16(2)19(31)13-18/h3-10,13,15,25,31H,1,11-12,14H2,2H3,(H3,26,27,28,29). The van der Waals surface area contributed by atoms with Crippen LogP contribution in [0.3, 0.4) is 0 Å². The first kappa shape index (κ1) is 22.5. The van der Waals surface area contributed by atoms with Gasteiger partial charge in [0.25, 0.3) is 0 Å². The van der Waals surface area contributed by atoms with E-state index in [2.05, 4.69) is 21.9 Å². The van der Waals surface area contributed by atoms with Crippen LogP contribution in [-0.4, -0.2) is 44.7 Å². The van der Waals surface area contributed by atoms with Gasteiger partial charge in [0.15, 0.2) is 0 Å². The fraction of sp³-hybridized carbons (Fsp3) is 0.167. The molecular weight excluding hydrogens is 404 g/mol. The predicted molar refractivity (Wildman–Crippen MR) is 126 cm³/mol. The molecule has 164 valence electrons. The Kier molecular flexibility index (Phi) is 7.17. The summed E-state index contributed by atoms with van der Waals surface area (Å²) in [4.78, 5) is 22.2. The van der Waals surface area contributed by atoms with Crippen molar-refractivity contribution in [1.29, 1.82) is 5.41 Å². The topological polar surface area (TPSA) is 128 Å². The minimum Gasteiger partial charge on any atom is -0.508 e. The first-order chi connectivity index (χ1) is 15.4. The number of phenolic OH excluding ortho intramolecular Hbond substituents is 1. The summed E-state index contributed by atoms with van der Waals surface area (Å²) in [5.41, 5.74) is 8.69. The number of carbonyl (C=O) groups excluding carboxylic acids is 1. The van der Waals surface area contributed by atoms with Gasteiger partial charge in [0.05, 0.1) is 11.3 Å². The fourth-order valence-electron chi connectivity index (χ4n) is 3.20. The van der Waals surface area contributed by atoms with Crippen LogP contribution in [0.2, 0.25) is 0 Å². The van der Waals surface area contributed by atoms with Crippen molar-refractivity contribution >= 4 is 23.3 Å². The van der Waals surface area contributed by atoms with Crippen molar-refractivity contribution < 1.29 is 9.90 Å². The average Bonchev–Trinajstić information content (AvgIpc) is 2.80. The number of rotatable bonds is 9. The van der Waals surface area contributed by atoms with E-state index in [1.165, 1.54) is 18.5 Å². The van der Waals surface area contributed by atoms with Gasteiger partial charge in [0, 0.05) is 25.2 Å². The van der Waals surface area contributed by atoms with Crippen molar-refractivity contribution in [2.75, 3.05) is 24.1 Å². The number of hydrogen-bond acceptors (Lipinski definition) is 7. The van der Waals surface area contributed by atoms with Gasteiger partial charge in [0.1, 0.15) is 23.7 Å². The third kappa shape index (κ3) is 5.28. The quantitative estimate of drug-likeness (QED) is 0.305. The van der Waals surface area contributed by atoms with Crippen LogP contribution in [0.5, 0.6) is 5.75 Å². The van der Waals surface area contributed by atoms with Gasteiger partial charge in [0.2, 0.25) is 5.91 Å². The van der Waals surface area contributed by atoms with Gasteiger partial charge < -0.3 is 21.1 Å². The van der Waals surface area contributed by atoms with Crippen LogP contribution in [0.1, 0.15) is 22.3 Å². The number of anilines is 2. The van der Waals surface area contributed by atoms with Crippen LogP contribution in [0.25, 0.3) is 0 Å². The Morgan fingerprint density at radius 1 is 1.25 bits per heavy atom. The van der Waals surface area contributed by atoms with Crippen LogP contribution < -0.4 is 11.1 Å². The van der Waals surface area contributed by atoms with E-state index in [1.54, 1.807) is 24.0 Å². The molecule has 3 rings (SSSR count). The Morgan fingerprint density at radius 2 is 2.00 bits per heavy atom. The van der Waals surface area contributed by atoms with Gasteiger partial charge in [-0.2, -0.15) is 0 Å². The van der Waals surface area contributed by atoms with E-state index in [1.807, 2.05) is 30.3 Å². The van der Waals surface area contributed by atoms with E-state index < -0.39 is 0 Å². The van der Waals surface area contributed by atoms with Crippen molar-refractivity contribution in [3.63, 3.8) is 0 Å². The summed E-state index contributed by atoms with van der Waals surface area (Å²) in [5.74, 6) is 0.446. The molecule has 2 aromatic carbocycles. The van der Waals surface area contributed by atoms with Gasteiger partial charge in [-0.3, -0.25) is 10.2 Å². The normalized spacial score (nSPS) is 10.4. The van der Waals surface area contributed by atoms with Crippen molar-refractivity contribution in [3.05, 3.63) is 89.8 Å². The van der Waals surface area contributed by atoms with Gasteiger partial charge in [-0.25, -0.2) is 9.97 Å². The number of aromatic hydroxyl groups is 1. The van der Waals surface area contributed by atoms with Crippen molar-refractivity contribution in [3.8, 4) is 5.75 Å². The zero-order valence-electron chi connectivity index (χ0n) is 17.9. The molecule has 8 nitrogen and oxygen atoms in total. The summed E-state index contributed by atoms with van der Waals surface area (Å²) in [7, 11) is 0. The predicted octanol–water partition coefficient (Wildman–Crippen LogP) is 3.12. The van der Waals surface area contributed by atoms with E-state index in [-0.39, 0.29) is 23.2 Å². The third-order valence-corrected chi connectivity index (χ3v) is 5.00. The highest BCUT2D eigenvalue weighted by atomic mass is 16.3. The third-order valence-electron chi connectivity index (χ3n) is 5.00. The lowest BCUT2D eigenvalue weighted by Gasteiger charge is -2.22. The molecule has 0 aliphatic rings. The number of amides is 1. The molecule has 1 amide bonds. The molecule has 0 aliphatic heterocycles. The van der Waals surface area contributed by atoms with Crippen LogP contribution in [-0.2, 0) is 11.3 Å². The number of hydrogen-bond donors (Lipinski definition) is 4. The zero-order chi connectivity index (χ0) is 23.1. The lowest BCUT2D eigenvalue weighted by atomic mass is 10.0. The maximum atomic E-state index is 12.3. The van der Waals surface area contributed by atoms with Crippen molar-refractivity contribution in [1.82, 2.24) is 14.9 Å². The molecule has 5 N–H and O–H groups in total. The lowest BCUT2D eigenvalue weighted by Crippen LogP contribution is -2.33. The Morgan fingerprint density at radius 3 is 2.69 bits per heavy atom. The van der Waals surface area contributed by atoms with Crippen molar-refractivity contribution in [2.45, 2.75) is 13.5 Å². The molecule has 0 radical (unpaired) electrons. The summed E-state index contributed by atoms with van der Waals surface area (Å²) < 4.78 is 0. The number of carbonyl (C=O) groups is 1. The number of aromatic nitrogens is 2. The molecule has 8 heteroatoms. The maximum Gasteiger partial charge on any atom is 0.246 e. The van der Waals surface area contributed by atoms with Gasteiger partial charge >= 0.3 is 0 Å². The second-order valence-corrected chi connectivity index (χ2v) is 7.24. The number of aryl methyl sites for hydroxylation is 1.